The number of H-pyrrole nitrogens is 2. The Labute approximate surface area is 179 Å². The van der Waals surface area contributed by atoms with Crippen LogP contribution in [-0.4, -0.2) is 30.1 Å². The van der Waals surface area contributed by atoms with Crippen LogP contribution < -0.4 is 0 Å². The Balaban J connectivity index is 1.65. The van der Waals surface area contributed by atoms with Crippen molar-refractivity contribution in [3.8, 4) is 22.5 Å². The highest BCUT2D eigenvalue weighted by Crippen LogP contribution is 2.33. The zero-order chi connectivity index (χ0) is 21.2. The quantitative estimate of drug-likeness (QED) is 0.368. The highest BCUT2D eigenvalue weighted by Gasteiger charge is 2.15. The average molecular weight is 404 g/mol. The van der Waals surface area contributed by atoms with Gasteiger partial charge in [-0.1, -0.05) is 36.9 Å². The third-order valence-electron chi connectivity index (χ3n) is 5.25. The number of rotatable bonds is 5. The zero-order valence-electron chi connectivity index (χ0n) is 17.0. The van der Waals surface area contributed by atoms with Crippen LogP contribution in [0.25, 0.3) is 50.0 Å². The Hall–Kier alpha value is -4.32. The molecule has 0 saturated carbocycles. The number of allylic oxidation sites excluding steroid dienone is 5. The number of nitrogens with one attached hydrogen (secondary N) is 2. The molecular weight excluding hydrogens is 384 g/mol. The van der Waals surface area contributed by atoms with Gasteiger partial charge in [-0.05, 0) is 30.7 Å². The second kappa shape index (κ2) is 7.84. The summed E-state index contributed by atoms with van der Waals surface area (Å²) in [4.78, 5) is 16.7. The molecule has 0 fully saturated rings. The number of hydrogen-bond acceptors (Lipinski definition) is 4. The first-order valence-electron chi connectivity index (χ1n) is 9.96. The molecule has 0 aliphatic heterocycles. The van der Waals surface area contributed by atoms with E-state index in [1.54, 1.807) is 12.3 Å². The van der Waals surface area contributed by atoms with Gasteiger partial charge < -0.3 is 4.98 Å². The third kappa shape index (κ3) is 3.34. The fraction of sp³-hybridized carbons (Fsp3) is 0.0400. The second-order valence-corrected chi connectivity index (χ2v) is 7.11. The molecule has 0 aliphatic carbocycles. The maximum Gasteiger partial charge on any atom is 0.181 e. The van der Waals surface area contributed by atoms with Crippen LogP contribution in [0.15, 0.2) is 86.1 Å². The summed E-state index contributed by atoms with van der Waals surface area (Å²) in [6.07, 6.45) is 16.9. The minimum absolute atomic E-state index is 0.672. The number of aromatic amines is 2. The van der Waals surface area contributed by atoms with Gasteiger partial charge in [0.15, 0.2) is 5.65 Å². The minimum Gasteiger partial charge on any atom is -0.352 e. The Morgan fingerprint density at radius 3 is 2.81 bits per heavy atom. The lowest BCUT2D eigenvalue weighted by molar-refractivity contribution is 1.10. The van der Waals surface area contributed by atoms with Crippen LogP contribution in [0.2, 0.25) is 0 Å². The van der Waals surface area contributed by atoms with E-state index in [0.29, 0.717) is 5.65 Å². The fourth-order valence-electron chi connectivity index (χ4n) is 3.73. The first kappa shape index (κ1) is 18.7. The number of aromatic nitrogens is 6. The maximum atomic E-state index is 4.55. The normalized spacial score (nSPS) is 12.2. The molecule has 31 heavy (non-hydrogen) atoms. The summed E-state index contributed by atoms with van der Waals surface area (Å²) >= 11 is 0. The molecule has 5 aromatic heterocycles. The van der Waals surface area contributed by atoms with Crippen molar-refractivity contribution in [2.45, 2.75) is 6.92 Å². The van der Waals surface area contributed by atoms with Gasteiger partial charge in [-0.2, -0.15) is 5.10 Å². The number of hydrogen-bond donors (Lipinski definition) is 2. The molecule has 0 aliphatic rings. The predicted molar refractivity (Wildman–Crippen MR) is 125 cm³/mol. The van der Waals surface area contributed by atoms with Gasteiger partial charge in [0, 0.05) is 52.3 Å². The molecule has 5 rings (SSSR count). The van der Waals surface area contributed by atoms with Crippen LogP contribution in [0.1, 0.15) is 12.5 Å². The van der Waals surface area contributed by atoms with Crippen LogP contribution in [0.4, 0.5) is 0 Å². The summed E-state index contributed by atoms with van der Waals surface area (Å²) < 4.78 is 0. The molecule has 0 amide bonds. The van der Waals surface area contributed by atoms with E-state index in [0.717, 1.165) is 49.9 Å². The van der Waals surface area contributed by atoms with Crippen molar-refractivity contribution in [2.75, 3.05) is 0 Å². The monoisotopic (exact) mass is 404 g/mol. The third-order valence-corrected chi connectivity index (χ3v) is 5.25. The largest absolute Gasteiger partial charge is 0.352 e. The predicted octanol–water partition coefficient (Wildman–Crippen LogP) is 5.71. The van der Waals surface area contributed by atoms with Crippen LogP contribution in [-0.2, 0) is 0 Å². The van der Waals surface area contributed by atoms with Gasteiger partial charge in [-0.3, -0.25) is 15.1 Å². The van der Waals surface area contributed by atoms with Gasteiger partial charge in [-0.25, -0.2) is 4.98 Å². The van der Waals surface area contributed by atoms with Crippen LogP contribution in [0, 0.1) is 0 Å². The summed E-state index contributed by atoms with van der Waals surface area (Å²) in [5.41, 5.74) is 7.58. The second-order valence-electron chi connectivity index (χ2n) is 7.11. The van der Waals surface area contributed by atoms with E-state index in [1.165, 1.54) is 0 Å². The SMILES string of the molecule is C=C/C=C\C(=C/C)c1cnc2n[nH]c(-c3cc4c(-c5cccnc5)cncc4[nH]3)c2c1. The zero-order valence-corrected chi connectivity index (χ0v) is 17.0. The number of fused-ring (bicyclic) bond motifs is 2. The van der Waals surface area contributed by atoms with Gasteiger partial charge in [0.05, 0.1) is 23.1 Å². The number of pyridine rings is 3. The van der Waals surface area contributed by atoms with Crippen LogP contribution >= 0.6 is 0 Å². The molecule has 5 aromatic rings. The molecular formula is C25H20N6. The van der Waals surface area contributed by atoms with Crippen molar-refractivity contribution in [1.29, 1.82) is 0 Å². The molecule has 0 atom stereocenters. The first-order valence-corrected chi connectivity index (χ1v) is 9.96. The van der Waals surface area contributed by atoms with Crippen molar-refractivity contribution >= 4 is 27.5 Å². The van der Waals surface area contributed by atoms with Gasteiger partial charge in [0.25, 0.3) is 0 Å². The summed E-state index contributed by atoms with van der Waals surface area (Å²) in [5, 5.41) is 9.57. The van der Waals surface area contributed by atoms with Crippen LogP contribution in [0.3, 0.4) is 0 Å². The van der Waals surface area contributed by atoms with Crippen molar-refractivity contribution in [2.24, 2.45) is 0 Å². The van der Waals surface area contributed by atoms with Gasteiger partial charge in [0.2, 0.25) is 0 Å². The van der Waals surface area contributed by atoms with E-state index < -0.39 is 0 Å². The molecule has 0 spiro atoms. The Kier molecular flexibility index (Phi) is 4.72. The van der Waals surface area contributed by atoms with E-state index >= 15 is 0 Å². The standard InChI is InChI=1S/C25H20N6/c1-3-5-7-16(4-2)18-10-20-24(30-31-25(20)28-13-18)22-11-19-21(14-27-15-23(19)29-22)17-8-6-9-26-12-17/h3-15,29H,1H2,2H3,(H,28,30,31)/b7-5-,16-4+. The molecule has 6 heteroatoms. The molecule has 150 valence electrons. The van der Waals surface area contributed by atoms with Crippen molar-refractivity contribution in [3.63, 3.8) is 0 Å². The lowest BCUT2D eigenvalue weighted by Crippen LogP contribution is -1.85. The lowest BCUT2D eigenvalue weighted by atomic mass is 10.0. The smallest absolute Gasteiger partial charge is 0.181 e. The molecule has 2 N–H and O–H groups in total. The number of nitrogens with zero attached hydrogens (tertiary/aromatic N) is 4. The summed E-state index contributed by atoms with van der Waals surface area (Å²) in [5.74, 6) is 0. The van der Waals surface area contributed by atoms with Crippen molar-refractivity contribution < 1.29 is 0 Å². The topological polar surface area (TPSA) is 83.1 Å². The summed E-state index contributed by atoms with van der Waals surface area (Å²) in [7, 11) is 0. The van der Waals surface area contributed by atoms with Crippen LogP contribution in [0.5, 0.6) is 0 Å². The Morgan fingerprint density at radius 2 is 2.00 bits per heavy atom. The van der Waals surface area contributed by atoms with Crippen molar-refractivity contribution in [3.05, 3.63) is 91.7 Å². The van der Waals surface area contributed by atoms with E-state index in [-0.39, 0.29) is 0 Å². The fourth-order valence-corrected chi connectivity index (χ4v) is 3.73. The Morgan fingerprint density at radius 1 is 1.06 bits per heavy atom. The molecule has 0 aromatic carbocycles. The van der Waals surface area contributed by atoms with E-state index in [1.807, 2.05) is 56.0 Å². The molecule has 6 nitrogen and oxygen atoms in total. The average Bonchev–Trinajstić information content (AvgIpc) is 3.43. The summed E-state index contributed by atoms with van der Waals surface area (Å²) in [6, 6.07) is 8.19. The highest BCUT2D eigenvalue weighted by molar-refractivity contribution is 6.00. The highest BCUT2D eigenvalue weighted by atomic mass is 15.2. The Bertz CT molecular complexity index is 1450. The van der Waals surface area contributed by atoms with Crippen molar-refractivity contribution in [1.82, 2.24) is 30.1 Å². The van der Waals surface area contributed by atoms with E-state index in [4.69, 9.17) is 0 Å². The van der Waals surface area contributed by atoms with Gasteiger partial charge in [-0.15, -0.1) is 0 Å². The molecule has 0 bridgehead atoms. The molecule has 0 radical (unpaired) electrons. The minimum atomic E-state index is 0.672. The van der Waals surface area contributed by atoms with E-state index in [2.05, 4.69) is 54.9 Å². The van der Waals surface area contributed by atoms with E-state index in [9.17, 15) is 0 Å². The maximum absolute atomic E-state index is 4.55. The lowest BCUT2D eigenvalue weighted by Gasteiger charge is -2.02. The van der Waals surface area contributed by atoms with Gasteiger partial charge >= 0.3 is 0 Å². The summed E-state index contributed by atoms with van der Waals surface area (Å²) in [6.45, 7) is 5.76. The van der Waals surface area contributed by atoms with Gasteiger partial charge in [0.1, 0.15) is 0 Å². The molecule has 5 heterocycles. The molecule has 0 unspecified atom stereocenters. The molecule has 0 saturated heterocycles. The first-order chi connectivity index (χ1) is 15.3.